The molecule has 180 valence electrons. The van der Waals surface area contributed by atoms with Gasteiger partial charge in [0.1, 0.15) is 5.75 Å². The van der Waals surface area contributed by atoms with Gasteiger partial charge in [-0.05, 0) is 73.9 Å². The van der Waals surface area contributed by atoms with Gasteiger partial charge < -0.3 is 9.84 Å². The minimum Gasteiger partial charge on any atom is -0.496 e. The molecule has 0 fully saturated rings. The first-order chi connectivity index (χ1) is 16.3. The molecule has 0 amide bonds. The average molecular weight is 482 g/mol. The van der Waals surface area contributed by atoms with Crippen molar-refractivity contribution in [2.24, 2.45) is 5.92 Å². The third-order valence-electron chi connectivity index (χ3n) is 5.86. The van der Waals surface area contributed by atoms with Gasteiger partial charge in [0, 0.05) is 6.07 Å². The highest BCUT2D eigenvalue weighted by atomic mass is 32.2. The molecule has 34 heavy (non-hydrogen) atoms. The van der Waals surface area contributed by atoms with Crippen LogP contribution in [0.5, 0.6) is 5.75 Å². The number of carboxylic acids is 1. The van der Waals surface area contributed by atoms with Gasteiger partial charge in [0.2, 0.25) is 0 Å². The number of benzene rings is 3. The molecule has 0 aromatic heterocycles. The zero-order valence-electron chi connectivity index (χ0n) is 19.5. The van der Waals surface area contributed by atoms with E-state index >= 15 is 0 Å². The van der Waals surface area contributed by atoms with E-state index in [4.69, 9.17) is 4.74 Å². The number of hydrogen-bond acceptors (Lipinski definition) is 4. The molecule has 0 aliphatic rings. The monoisotopic (exact) mass is 481 g/mol. The summed E-state index contributed by atoms with van der Waals surface area (Å²) in [6.07, 6.45) is 3.12. The summed E-state index contributed by atoms with van der Waals surface area (Å²) in [6, 6.07) is 21.8. The van der Waals surface area contributed by atoms with Crippen LogP contribution in [0.3, 0.4) is 0 Å². The Hall–Kier alpha value is -3.32. The lowest BCUT2D eigenvalue weighted by Gasteiger charge is -2.13. The van der Waals surface area contributed by atoms with E-state index in [1.54, 1.807) is 43.5 Å². The summed E-state index contributed by atoms with van der Waals surface area (Å²) in [5, 5.41) is 9.60. The number of anilines is 1. The number of aryl methyl sites for hydroxylation is 3. The fourth-order valence-corrected chi connectivity index (χ4v) is 5.01. The molecule has 0 spiro atoms. The summed E-state index contributed by atoms with van der Waals surface area (Å²) in [6.45, 7) is 1.89. The van der Waals surface area contributed by atoms with Gasteiger partial charge in [-0.15, -0.1) is 0 Å². The highest BCUT2D eigenvalue weighted by Crippen LogP contribution is 2.25. The first kappa shape index (κ1) is 25.3. The van der Waals surface area contributed by atoms with Crippen LogP contribution in [0.1, 0.15) is 36.0 Å². The van der Waals surface area contributed by atoms with E-state index < -0.39 is 21.9 Å². The van der Waals surface area contributed by atoms with Gasteiger partial charge in [0.05, 0.1) is 23.6 Å². The molecule has 0 saturated heterocycles. The highest BCUT2D eigenvalue weighted by molar-refractivity contribution is 7.92. The lowest BCUT2D eigenvalue weighted by atomic mass is 9.93. The third-order valence-corrected chi connectivity index (χ3v) is 7.24. The summed E-state index contributed by atoms with van der Waals surface area (Å²) in [5.41, 5.74) is 3.33. The van der Waals surface area contributed by atoms with E-state index in [9.17, 15) is 18.3 Å². The minimum absolute atomic E-state index is 0.170. The van der Waals surface area contributed by atoms with Crippen LogP contribution < -0.4 is 9.46 Å². The quantitative estimate of drug-likeness (QED) is 0.358. The fourth-order valence-electron chi connectivity index (χ4n) is 3.90. The predicted molar refractivity (Wildman–Crippen MR) is 134 cm³/mol. The largest absolute Gasteiger partial charge is 0.496 e. The molecule has 3 aromatic carbocycles. The van der Waals surface area contributed by atoms with Crippen molar-refractivity contribution in [1.29, 1.82) is 0 Å². The van der Waals surface area contributed by atoms with Crippen molar-refractivity contribution in [2.45, 2.75) is 43.9 Å². The van der Waals surface area contributed by atoms with Gasteiger partial charge in [-0.3, -0.25) is 9.52 Å². The summed E-state index contributed by atoms with van der Waals surface area (Å²) < 4.78 is 33.7. The number of rotatable bonds is 12. The number of aliphatic carboxylic acids is 1. The van der Waals surface area contributed by atoms with Crippen LogP contribution in [0.25, 0.3) is 0 Å². The fraction of sp³-hybridized carbons (Fsp3) is 0.296. The van der Waals surface area contributed by atoms with E-state index in [0.29, 0.717) is 37.1 Å². The molecule has 1 unspecified atom stereocenters. The zero-order valence-corrected chi connectivity index (χ0v) is 20.3. The summed E-state index contributed by atoms with van der Waals surface area (Å²) >= 11 is 0. The first-order valence-electron chi connectivity index (χ1n) is 11.3. The Bertz CT molecular complexity index is 1210. The van der Waals surface area contributed by atoms with Crippen molar-refractivity contribution in [3.63, 3.8) is 0 Å². The maximum absolute atomic E-state index is 12.9. The average Bonchev–Trinajstić information content (AvgIpc) is 2.83. The van der Waals surface area contributed by atoms with Gasteiger partial charge in [0.25, 0.3) is 10.0 Å². The second kappa shape index (κ2) is 11.7. The Kier molecular flexibility index (Phi) is 8.71. The van der Waals surface area contributed by atoms with Gasteiger partial charge >= 0.3 is 5.97 Å². The van der Waals surface area contributed by atoms with Crippen molar-refractivity contribution in [2.75, 3.05) is 11.8 Å². The molecule has 0 aliphatic heterocycles. The van der Waals surface area contributed by atoms with Crippen LogP contribution in [0.15, 0.2) is 77.7 Å². The number of carboxylic acid groups (broad SMARTS) is 1. The van der Waals surface area contributed by atoms with E-state index in [1.807, 2.05) is 43.3 Å². The number of sulfonamides is 1. The highest BCUT2D eigenvalue weighted by Gasteiger charge is 2.18. The van der Waals surface area contributed by atoms with E-state index in [-0.39, 0.29) is 4.90 Å². The second-order valence-corrected chi connectivity index (χ2v) is 10.1. The molecule has 3 aromatic rings. The van der Waals surface area contributed by atoms with Crippen molar-refractivity contribution in [3.8, 4) is 5.75 Å². The Balaban J connectivity index is 1.60. The van der Waals surface area contributed by atoms with Gasteiger partial charge in [0.15, 0.2) is 0 Å². The minimum atomic E-state index is -3.77. The molecule has 0 aliphatic carbocycles. The Morgan fingerprint density at radius 1 is 0.941 bits per heavy atom. The van der Waals surface area contributed by atoms with Crippen LogP contribution in [0.4, 0.5) is 5.69 Å². The maximum Gasteiger partial charge on any atom is 0.306 e. The summed E-state index contributed by atoms with van der Waals surface area (Å²) in [5.74, 6) is -0.607. The molecular formula is C27H31NO5S. The van der Waals surface area contributed by atoms with Crippen LogP contribution in [0.2, 0.25) is 0 Å². The second-order valence-electron chi connectivity index (χ2n) is 8.39. The molecule has 0 saturated carbocycles. The smallest absolute Gasteiger partial charge is 0.306 e. The zero-order chi connectivity index (χ0) is 24.6. The van der Waals surface area contributed by atoms with Gasteiger partial charge in [-0.25, -0.2) is 8.42 Å². The topological polar surface area (TPSA) is 92.7 Å². The molecule has 3 rings (SSSR count). The summed E-state index contributed by atoms with van der Waals surface area (Å²) in [4.78, 5) is 11.9. The summed E-state index contributed by atoms with van der Waals surface area (Å²) in [7, 11) is -2.23. The van der Waals surface area contributed by atoms with E-state index in [1.165, 1.54) is 0 Å². The van der Waals surface area contributed by atoms with E-state index in [2.05, 4.69) is 4.72 Å². The van der Waals surface area contributed by atoms with Crippen molar-refractivity contribution >= 4 is 21.7 Å². The molecule has 7 heteroatoms. The number of nitrogens with one attached hydrogen (secondary N) is 1. The number of methoxy groups -OCH3 is 1. The van der Waals surface area contributed by atoms with Crippen LogP contribution in [-0.4, -0.2) is 26.6 Å². The Morgan fingerprint density at radius 3 is 2.38 bits per heavy atom. The van der Waals surface area contributed by atoms with Crippen molar-refractivity contribution in [1.82, 2.24) is 0 Å². The van der Waals surface area contributed by atoms with Gasteiger partial charge in [-0.1, -0.05) is 48.5 Å². The van der Waals surface area contributed by atoms with Crippen molar-refractivity contribution in [3.05, 3.63) is 89.5 Å². The van der Waals surface area contributed by atoms with Crippen LogP contribution in [-0.2, 0) is 27.7 Å². The molecule has 6 nitrogen and oxygen atoms in total. The Labute approximate surface area is 201 Å². The molecule has 0 heterocycles. The standard InChI is InChI=1S/C27H31NO5S/c1-20-14-17-24(19-26(20)33-2)28-34(31,32)25-13-7-11-22(18-25)10-6-12-23(27(29)30)16-15-21-8-4-3-5-9-21/h3-5,7-9,11,13-14,17-19,23,28H,6,10,12,15-16H2,1-2H3,(H,29,30). The molecule has 2 N–H and O–H groups in total. The van der Waals surface area contributed by atoms with Crippen molar-refractivity contribution < 1.29 is 23.1 Å². The lowest BCUT2D eigenvalue weighted by Crippen LogP contribution is -2.15. The number of ether oxygens (including phenoxy) is 1. The van der Waals surface area contributed by atoms with E-state index in [0.717, 1.165) is 23.1 Å². The maximum atomic E-state index is 12.9. The number of hydrogen-bond donors (Lipinski definition) is 2. The lowest BCUT2D eigenvalue weighted by molar-refractivity contribution is -0.142. The third kappa shape index (κ3) is 7.09. The molecule has 1 atom stereocenters. The van der Waals surface area contributed by atoms with Crippen LogP contribution >= 0.6 is 0 Å². The molecule has 0 bridgehead atoms. The normalized spacial score (nSPS) is 12.2. The Morgan fingerprint density at radius 2 is 1.68 bits per heavy atom. The molecular weight excluding hydrogens is 450 g/mol. The SMILES string of the molecule is COc1cc(NS(=O)(=O)c2cccc(CCCC(CCc3ccccc3)C(=O)O)c2)ccc1C. The van der Waals surface area contributed by atoms with Crippen LogP contribution in [0, 0.1) is 12.8 Å². The molecule has 0 radical (unpaired) electrons. The predicted octanol–water partition coefficient (Wildman–Crippen LogP) is 5.46. The van der Waals surface area contributed by atoms with Gasteiger partial charge in [-0.2, -0.15) is 0 Å². The first-order valence-corrected chi connectivity index (χ1v) is 12.8. The number of carbonyl (C=O) groups is 1.